The molecule has 0 saturated heterocycles. The molecule has 3 N–H and O–H groups in total. The van der Waals surface area contributed by atoms with Crippen molar-refractivity contribution < 1.29 is 37.6 Å². The average Bonchev–Trinajstić information content (AvgIpc) is 3.32. The van der Waals surface area contributed by atoms with Crippen LogP contribution in [0, 0.1) is 0 Å². The van der Waals surface area contributed by atoms with Crippen molar-refractivity contribution in [2.75, 3.05) is 26.4 Å². The third kappa shape index (κ3) is 51.1. The van der Waals surface area contributed by atoms with Crippen molar-refractivity contribution in [2.24, 2.45) is 5.73 Å². The number of carbonyl (C=O) groups excluding carboxylic acids is 2. The number of allylic oxidation sites excluding steroid dienone is 23. The Bertz CT molecular complexity index is 1600. The summed E-state index contributed by atoms with van der Waals surface area (Å²) in [6.07, 6.45) is 73.5. The van der Waals surface area contributed by atoms with Crippen molar-refractivity contribution >= 4 is 19.8 Å². The van der Waals surface area contributed by atoms with Crippen LogP contribution in [-0.2, 0) is 32.7 Å². The van der Waals surface area contributed by atoms with Crippen molar-refractivity contribution in [1.29, 1.82) is 0 Å². The molecular formula is C57H90NO8P. The molecule has 10 heteroatoms. The van der Waals surface area contributed by atoms with Crippen molar-refractivity contribution in [2.45, 2.75) is 174 Å². The number of rotatable bonds is 45. The Kier molecular flexibility index (Phi) is 48.1. The Morgan fingerprint density at radius 1 is 0.463 bits per heavy atom. The van der Waals surface area contributed by atoms with Gasteiger partial charge in [0.15, 0.2) is 6.10 Å². The second kappa shape index (κ2) is 51.3. The number of phosphoric acid groups is 1. The van der Waals surface area contributed by atoms with E-state index in [1.807, 2.05) is 12.2 Å². The molecule has 0 radical (unpaired) electrons. The Hall–Kier alpha value is -4.11. The van der Waals surface area contributed by atoms with Crippen LogP contribution < -0.4 is 5.73 Å². The molecule has 0 heterocycles. The molecule has 2 atom stereocenters. The van der Waals surface area contributed by atoms with Crippen molar-refractivity contribution in [3.63, 3.8) is 0 Å². The SMILES string of the molecule is CC/C=C\C/C=C\C/C=C\C/C=C\C/C=C\C/C=C\C/C=C\CCCCCCCCCCCC(=O)OC(COC(=O)C/C=C\C/C=C\C/C=C\C/C=C\C/C=C\CC)COP(=O)(O)OCCN. The lowest BCUT2D eigenvalue weighted by molar-refractivity contribution is -0.160. The Morgan fingerprint density at radius 2 is 0.821 bits per heavy atom. The van der Waals surface area contributed by atoms with Crippen LogP contribution in [0.1, 0.15) is 168 Å². The zero-order valence-corrected chi connectivity index (χ0v) is 42.5. The summed E-state index contributed by atoms with van der Waals surface area (Å²) in [5.41, 5.74) is 5.35. The summed E-state index contributed by atoms with van der Waals surface area (Å²) in [6, 6.07) is 0. The van der Waals surface area contributed by atoms with E-state index < -0.39 is 32.5 Å². The first-order valence-corrected chi connectivity index (χ1v) is 26.8. The minimum Gasteiger partial charge on any atom is -0.461 e. The van der Waals surface area contributed by atoms with Gasteiger partial charge >= 0.3 is 19.8 Å². The van der Waals surface area contributed by atoms with Crippen LogP contribution in [0.15, 0.2) is 146 Å². The van der Waals surface area contributed by atoms with Crippen LogP contribution in [-0.4, -0.2) is 49.3 Å². The summed E-state index contributed by atoms with van der Waals surface area (Å²) >= 11 is 0. The Labute approximate surface area is 407 Å². The largest absolute Gasteiger partial charge is 0.472 e. The fraction of sp³-hybridized carbons (Fsp3) is 0.544. The maximum atomic E-state index is 12.6. The lowest BCUT2D eigenvalue weighted by atomic mass is 10.1. The number of carbonyl (C=O) groups is 2. The molecule has 0 bridgehead atoms. The molecule has 0 aliphatic rings. The fourth-order valence-corrected chi connectivity index (χ4v) is 6.86. The maximum Gasteiger partial charge on any atom is 0.472 e. The molecule has 9 nitrogen and oxygen atoms in total. The average molecular weight is 948 g/mol. The van der Waals surface area contributed by atoms with Crippen LogP contribution in [0.3, 0.4) is 0 Å². The third-order valence-electron chi connectivity index (χ3n) is 9.75. The van der Waals surface area contributed by atoms with E-state index in [9.17, 15) is 19.0 Å². The summed E-state index contributed by atoms with van der Waals surface area (Å²) < 4.78 is 32.7. The zero-order chi connectivity index (χ0) is 48.8. The molecule has 0 aromatic carbocycles. The van der Waals surface area contributed by atoms with Crippen molar-refractivity contribution in [3.8, 4) is 0 Å². The molecule has 67 heavy (non-hydrogen) atoms. The predicted octanol–water partition coefficient (Wildman–Crippen LogP) is 15.6. The van der Waals surface area contributed by atoms with E-state index in [4.69, 9.17) is 24.3 Å². The number of hydrogen-bond acceptors (Lipinski definition) is 8. The van der Waals surface area contributed by atoms with Gasteiger partial charge in [-0.3, -0.25) is 18.6 Å². The number of nitrogens with two attached hydrogens (primary N) is 1. The Morgan fingerprint density at radius 3 is 1.22 bits per heavy atom. The summed E-state index contributed by atoms with van der Waals surface area (Å²) in [5, 5.41) is 0. The van der Waals surface area contributed by atoms with Gasteiger partial charge in [-0.2, -0.15) is 0 Å². The molecule has 2 unspecified atom stereocenters. The number of hydrogen-bond donors (Lipinski definition) is 2. The highest BCUT2D eigenvalue weighted by Gasteiger charge is 2.25. The number of esters is 2. The van der Waals surface area contributed by atoms with E-state index in [-0.39, 0.29) is 32.6 Å². The van der Waals surface area contributed by atoms with Gasteiger partial charge in [-0.05, 0) is 96.3 Å². The fourth-order valence-electron chi connectivity index (χ4n) is 6.10. The topological polar surface area (TPSA) is 134 Å². The predicted molar refractivity (Wildman–Crippen MR) is 283 cm³/mol. The Balaban J connectivity index is 4.14. The summed E-state index contributed by atoms with van der Waals surface area (Å²) in [7, 11) is -4.41. The van der Waals surface area contributed by atoms with Crippen LogP contribution in [0.5, 0.6) is 0 Å². The molecular weight excluding hydrogens is 858 g/mol. The van der Waals surface area contributed by atoms with Gasteiger partial charge in [0.25, 0.3) is 0 Å². The molecule has 0 amide bonds. The molecule has 0 aliphatic carbocycles. The van der Waals surface area contributed by atoms with Crippen LogP contribution in [0.2, 0.25) is 0 Å². The smallest absolute Gasteiger partial charge is 0.461 e. The normalized spacial score (nSPS) is 14.4. The van der Waals surface area contributed by atoms with E-state index in [1.54, 1.807) is 6.08 Å². The first-order chi connectivity index (χ1) is 32.8. The van der Waals surface area contributed by atoms with Crippen LogP contribution in [0.25, 0.3) is 0 Å². The standard InChI is InChI=1S/C57H90NO8P/c1-3-5-7-9-11-13-15-17-19-20-21-22-23-24-25-26-27-28-29-30-31-32-33-34-36-38-40-42-44-46-48-50-57(60)66-55(54-65-67(61,62)64-52-51-58)53-63-56(59)49-47-45-43-41-39-37-35-18-16-14-12-10-8-6-4-2/h5-8,11-14,17-19,21-22,24-25,27-28,30-31,35,39,41,45,47,55H,3-4,9-10,15-16,20,23,26,29,32-34,36-38,40,42-44,46,48-54,58H2,1-2H3,(H,61,62)/b7-5-,8-6-,13-11-,14-12-,19-17-,22-21-,25-24-,28-27-,31-30-,35-18-,41-39-,47-45-. The van der Waals surface area contributed by atoms with Gasteiger partial charge in [-0.1, -0.05) is 205 Å². The van der Waals surface area contributed by atoms with Crippen molar-refractivity contribution in [3.05, 3.63) is 146 Å². The quantitative estimate of drug-likeness (QED) is 0.0265. The molecule has 0 aromatic heterocycles. The molecule has 0 spiro atoms. The molecule has 0 saturated carbocycles. The number of unbranched alkanes of at least 4 members (excludes halogenated alkanes) is 9. The van der Waals surface area contributed by atoms with Gasteiger partial charge in [0.05, 0.1) is 19.6 Å². The first kappa shape index (κ1) is 62.9. The lowest BCUT2D eigenvalue weighted by Crippen LogP contribution is -2.29. The summed E-state index contributed by atoms with van der Waals surface area (Å²) in [6.45, 7) is 3.35. The van der Waals surface area contributed by atoms with Gasteiger partial charge in [0.1, 0.15) is 6.61 Å². The second-order valence-corrected chi connectivity index (χ2v) is 17.4. The monoisotopic (exact) mass is 948 g/mol. The van der Waals surface area contributed by atoms with Gasteiger partial charge in [-0.25, -0.2) is 4.57 Å². The summed E-state index contributed by atoms with van der Waals surface area (Å²) in [5.74, 6) is -0.997. The molecule has 0 rings (SSSR count). The second-order valence-electron chi connectivity index (χ2n) is 15.9. The first-order valence-electron chi connectivity index (χ1n) is 25.3. The van der Waals surface area contributed by atoms with Gasteiger partial charge < -0.3 is 20.1 Å². The highest BCUT2D eigenvalue weighted by Crippen LogP contribution is 2.43. The minimum atomic E-state index is -4.41. The van der Waals surface area contributed by atoms with Gasteiger partial charge in [0.2, 0.25) is 0 Å². The van der Waals surface area contributed by atoms with E-state index >= 15 is 0 Å². The molecule has 0 aromatic rings. The minimum absolute atomic E-state index is 0.0326. The zero-order valence-electron chi connectivity index (χ0n) is 41.6. The highest BCUT2D eigenvalue weighted by atomic mass is 31.2. The highest BCUT2D eigenvalue weighted by molar-refractivity contribution is 7.47. The molecule has 376 valence electrons. The van der Waals surface area contributed by atoms with Gasteiger partial charge in [0, 0.05) is 13.0 Å². The van der Waals surface area contributed by atoms with E-state index in [2.05, 4.69) is 141 Å². The van der Waals surface area contributed by atoms with E-state index in [0.717, 1.165) is 96.3 Å². The molecule has 0 fully saturated rings. The number of ether oxygens (including phenoxy) is 2. The number of phosphoric ester groups is 1. The van der Waals surface area contributed by atoms with E-state index in [1.165, 1.54) is 32.1 Å². The third-order valence-corrected chi connectivity index (χ3v) is 10.7. The lowest BCUT2D eigenvalue weighted by Gasteiger charge is -2.19. The van der Waals surface area contributed by atoms with Crippen molar-refractivity contribution in [1.82, 2.24) is 0 Å². The van der Waals surface area contributed by atoms with Gasteiger partial charge in [-0.15, -0.1) is 0 Å². The van der Waals surface area contributed by atoms with E-state index in [0.29, 0.717) is 12.8 Å². The maximum absolute atomic E-state index is 12.6. The van der Waals surface area contributed by atoms with Crippen LogP contribution >= 0.6 is 7.82 Å². The molecule has 0 aliphatic heterocycles. The summed E-state index contributed by atoms with van der Waals surface area (Å²) in [4.78, 5) is 34.9. The van der Waals surface area contributed by atoms with Crippen LogP contribution in [0.4, 0.5) is 0 Å².